The highest BCUT2D eigenvalue weighted by Gasteiger charge is 2.49. The maximum absolute atomic E-state index is 13.7. The lowest BCUT2D eigenvalue weighted by atomic mass is 9.88. The summed E-state index contributed by atoms with van der Waals surface area (Å²) in [6.45, 7) is 0.0369. The first-order chi connectivity index (χ1) is 19.6. The van der Waals surface area contributed by atoms with Crippen molar-refractivity contribution in [3.63, 3.8) is 0 Å². The Labute approximate surface area is 238 Å². The molecule has 15 heteroatoms. The number of piperidine rings is 1. The van der Waals surface area contributed by atoms with Gasteiger partial charge in [0.25, 0.3) is 11.8 Å². The number of carbonyl (C=O) groups is 5. The van der Waals surface area contributed by atoms with Crippen LogP contribution in [0.5, 0.6) is 0 Å². The zero-order valence-electron chi connectivity index (χ0n) is 23.0. The molecule has 0 radical (unpaired) electrons. The van der Waals surface area contributed by atoms with E-state index in [2.05, 4.69) is 20.7 Å². The lowest BCUT2D eigenvalue weighted by Gasteiger charge is -2.41. The Kier molecular flexibility index (Phi) is 10.5. The van der Waals surface area contributed by atoms with Crippen molar-refractivity contribution in [1.82, 2.24) is 20.9 Å². The number of rotatable bonds is 11. The lowest BCUT2D eigenvalue weighted by Crippen LogP contribution is -2.60. The Morgan fingerprint density at radius 1 is 1.00 bits per heavy atom. The van der Waals surface area contributed by atoms with E-state index < -0.39 is 98.0 Å². The summed E-state index contributed by atoms with van der Waals surface area (Å²) in [5, 5.41) is 6.89. The van der Waals surface area contributed by atoms with Gasteiger partial charge in [-0.3, -0.25) is 19.2 Å². The summed E-state index contributed by atoms with van der Waals surface area (Å²) in [7, 11) is 1.04. The molecule has 4 atom stereocenters. The molecule has 1 aromatic rings. The Morgan fingerprint density at radius 3 is 2.19 bits per heavy atom. The van der Waals surface area contributed by atoms with Gasteiger partial charge in [-0.25, -0.2) is 13.6 Å². The number of carbonyl (C=O) groups excluding carboxylic acids is 5. The first-order valence-electron chi connectivity index (χ1n) is 13.4. The topological polar surface area (TPSA) is 134 Å². The van der Waals surface area contributed by atoms with Crippen LogP contribution in [0.2, 0.25) is 0 Å². The predicted octanol–water partition coefficient (Wildman–Crippen LogP) is 3.02. The van der Waals surface area contributed by atoms with Crippen molar-refractivity contribution in [2.24, 2.45) is 5.92 Å². The van der Waals surface area contributed by atoms with Gasteiger partial charge < -0.3 is 25.6 Å². The van der Waals surface area contributed by atoms with Crippen LogP contribution in [-0.4, -0.2) is 78.4 Å². The van der Waals surface area contributed by atoms with Gasteiger partial charge in [0.05, 0.1) is 19.1 Å². The molecule has 0 spiro atoms. The summed E-state index contributed by atoms with van der Waals surface area (Å²) in [6, 6.07) is 2.42. The van der Waals surface area contributed by atoms with Gasteiger partial charge in [-0.15, -0.1) is 0 Å². The molecule has 1 aliphatic carbocycles. The van der Waals surface area contributed by atoms with Crippen molar-refractivity contribution in [2.75, 3.05) is 13.7 Å². The Morgan fingerprint density at radius 2 is 1.64 bits per heavy atom. The summed E-state index contributed by atoms with van der Waals surface area (Å²) >= 11 is 0. The molecule has 3 rings (SSSR count). The van der Waals surface area contributed by atoms with Gasteiger partial charge in [-0.05, 0) is 44.6 Å². The van der Waals surface area contributed by atoms with Crippen LogP contribution in [0.25, 0.3) is 0 Å². The third-order valence-electron chi connectivity index (χ3n) is 7.12. The summed E-state index contributed by atoms with van der Waals surface area (Å²) < 4.78 is 73.0. The quantitative estimate of drug-likeness (QED) is 0.263. The SMILES string of the molecule is COC(=O)N[C@H](C(=O)N1CC[C@@H](C(F)(F)F)C[C@H]1C(=O)N[C@@H](CCC(C)(F)F)C(=O)C(=O)NC1CC1)c1ccccc1. The van der Waals surface area contributed by atoms with E-state index in [0.29, 0.717) is 19.8 Å². The summed E-state index contributed by atoms with van der Waals surface area (Å²) in [4.78, 5) is 65.3. The van der Waals surface area contributed by atoms with Crippen molar-refractivity contribution >= 4 is 29.6 Å². The molecule has 10 nitrogen and oxygen atoms in total. The number of nitrogens with zero attached hydrogens (tertiary/aromatic N) is 1. The van der Waals surface area contributed by atoms with Gasteiger partial charge in [0.15, 0.2) is 0 Å². The van der Waals surface area contributed by atoms with Crippen LogP contribution >= 0.6 is 0 Å². The number of alkyl carbamates (subject to hydrolysis) is 1. The molecular formula is C27H33F5N4O6. The molecule has 1 aliphatic heterocycles. The number of amides is 4. The number of halogens is 5. The normalized spacial score (nSPS) is 20.6. The molecule has 1 saturated heterocycles. The second-order valence-corrected chi connectivity index (χ2v) is 10.6. The van der Waals surface area contributed by atoms with Crippen molar-refractivity contribution in [2.45, 2.75) is 81.7 Å². The van der Waals surface area contributed by atoms with E-state index in [1.807, 2.05) is 0 Å². The van der Waals surface area contributed by atoms with E-state index in [0.717, 1.165) is 12.0 Å². The largest absolute Gasteiger partial charge is 0.453 e. The Hall–Kier alpha value is -3.78. The number of nitrogens with one attached hydrogen (secondary N) is 3. The molecular weight excluding hydrogens is 571 g/mol. The molecule has 2 fully saturated rings. The molecule has 42 heavy (non-hydrogen) atoms. The summed E-state index contributed by atoms with van der Waals surface area (Å²) in [6.07, 6.45) is -7.53. The maximum Gasteiger partial charge on any atom is 0.407 e. The molecule has 0 aromatic heterocycles. The summed E-state index contributed by atoms with van der Waals surface area (Å²) in [5.74, 6) is -9.75. The number of alkyl halides is 5. The Balaban J connectivity index is 1.91. The highest BCUT2D eigenvalue weighted by Crippen LogP contribution is 2.37. The molecule has 232 valence electrons. The minimum absolute atomic E-state index is 0.250. The van der Waals surface area contributed by atoms with Crippen LogP contribution < -0.4 is 16.0 Å². The number of methoxy groups -OCH3 is 1. The van der Waals surface area contributed by atoms with Crippen LogP contribution in [0.15, 0.2) is 30.3 Å². The smallest absolute Gasteiger partial charge is 0.407 e. The van der Waals surface area contributed by atoms with Crippen LogP contribution in [0.4, 0.5) is 26.7 Å². The van der Waals surface area contributed by atoms with Crippen LogP contribution in [-0.2, 0) is 23.9 Å². The standard InChI is InChI=1S/C27H33F5N4O6/c1-26(28,29)12-10-18(21(37)23(39)33-17-8-9-17)34-22(38)19-14-16(27(30,31)32)11-13-36(19)24(40)20(35-25(41)42-2)15-6-4-3-5-7-15/h3-7,16-20H,8-14H2,1-2H3,(H,33,39)(H,34,38)(H,35,41)/t16-,18+,19+,20+/m1/s1. The monoisotopic (exact) mass is 604 g/mol. The zero-order valence-corrected chi connectivity index (χ0v) is 23.0. The van der Waals surface area contributed by atoms with E-state index >= 15 is 0 Å². The zero-order chi connectivity index (χ0) is 31.2. The molecule has 0 bridgehead atoms. The molecule has 1 heterocycles. The van der Waals surface area contributed by atoms with Gasteiger partial charge in [-0.2, -0.15) is 13.2 Å². The molecule has 0 unspecified atom stereocenters. The number of hydrogen-bond donors (Lipinski definition) is 3. The first-order valence-corrected chi connectivity index (χ1v) is 13.4. The van der Waals surface area contributed by atoms with Gasteiger partial charge in [0.1, 0.15) is 12.1 Å². The van der Waals surface area contributed by atoms with E-state index in [-0.39, 0.29) is 11.6 Å². The van der Waals surface area contributed by atoms with Crippen molar-refractivity contribution in [1.29, 1.82) is 0 Å². The maximum atomic E-state index is 13.7. The van der Waals surface area contributed by atoms with E-state index in [1.54, 1.807) is 18.2 Å². The fraction of sp³-hybridized carbons (Fsp3) is 0.593. The number of likely N-dealkylation sites (tertiary alicyclic amines) is 1. The molecule has 1 saturated carbocycles. The molecule has 4 amide bonds. The summed E-state index contributed by atoms with van der Waals surface area (Å²) in [5.41, 5.74) is 0.250. The minimum atomic E-state index is -4.72. The van der Waals surface area contributed by atoms with Crippen molar-refractivity contribution in [3.05, 3.63) is 35.9 Å². The highest BCUT2D eigenvalue weighted by atomic mass is 19.4. The number of ether oxygens (including phenoxy) is 1. The first kappa shape index (κ1) is 32.7. The fourth-order valence-electron chi connectivity index (χ4n) is 4.63. The molecule has 1 aromatic carbocycles. The second-order valence-electron chi connectivity index (χ2n) is 10.6. The number of ketones is 1. The molecule has 3 N–H and O–H groups in total. The Bertz CT molecular complexity index is 1160. The van der Waals surface area contributed by atoms with Gasteiger partial charge in [0.2, 0.25) is 17.6 Å². The third kappa shape index (κ3) is 9.11. The van der Waals surface area contributed by atoms with Crippen molar-refractivity contribution < 1.29 is 50.7 Å². The fourth-order valence-corrected chi connectivity index (χ4v) is 4.63. The second kappa shape index (κ2) is 13.5. The van der Waals surface area contributed by atoms with Crippen molar-refractivity contribution in [3.8, 4) is 0 Å². The van der Waals surface area contributed by atoms with Gasteiger partial charge >= 0.3 is 12.3 Å². The average Bonchev–Trinajstić information content (AvgIpc) is 3.76. The predicted molar refractivity (Wildman–Crippen MR) is 137 cm³/mol. The van der Waals surface area contributed by atoms with E-state index in [1.165, 1.54) is 12.1 Å². The molecule has 2 aliphatic rings. The lowest BCUT2D eigenvalue weighted by molar-refractivity contribution is -0.192. The average molecular weight is 605 g/mol. The highest BCUT2D eigenvalue weighted by molar-refractivity contribution is 6.38. The minimum Gasteiger partial charge on any atom is -0.453 e. The van der Waals surface area contributed by atoms with Gasteiger partial charge in [-0.1, -0.05) is 30.3 Å². The van der Waals surface area contributed by atoms with E-state index in [9.17, 15) is 45.9 Å². The van der Waals surface area contributed by atoms with Crippen LogP contribution in [0, 0.1) is 5.92 Å². The third-order valence-corrected chi connectivity index (χ3v) is 7.12. The number of Topliss-reactive ketones (excluding diaryl/α,β-unsaturated/α-hetero) is 1. The van der Waals surface area contributed by atoms with Crippen LogP contribution in [0.3, 0.4) is 0 Å². The van der Waals surface area contributed by atoms with Gasteiger partial charge in [0, 0.05) is 19.0 Å². The number of hydrogen-bond acceptors (Lipinski definition) is 6. The number of benzene rings is 1. The van der Waals surface area contributed by atoms with Crippen LogP contribution in [0.1, 0.15) is 57.1 Å². The van der Waals surface area contributed by atoms with E-state index in [4.69, 9.17) is 0 Å².